The summed E-state index contributed by atoms with van der Waals surface area (Å²) in [7, 11) is -0.888. The Morgan fingerprint density at radius 2 is 2.00 bits per heavy atom. The molecule has 1 aromatic rings. The van der Waals surface area contributed by atoms with E-state index < -0.39 is 10.8 Å². The van der Waals surface area contributed by atoms with Crippen molar-refractivity contribution in [3.8, 4) is 0 Å². The molecule has 0 aliphatic carbocycles. The summed E-state index contributed by atoms with van der Waals surface area (Å²) in [6.07, 6.45) is 1.63. The summed E-state index contributed by atoms with van der Waals surface area (Å²) in [5, 5.41) is 2.81. The molecule has 0 fully saturated rings. The van der Waals surface area contributed by atoms with Crippen LogP contribution >= 0.6 is 22.6 Å². The molecule has 0 aromatic heterocycles. The van der Waals surface area contributed by atoms with Gasteiger partial charge in [-0.1, -0.05) is 0 Å². The van der Waals surface area contributed by atoms with Gasteiger partial charge in [0.05, 0.1) is 0 Å². The first-order chi connectivity index (χ1) is 7.49. The summed E-state index contributed by atoms with van der Waals surface area (Å²) in [5.74, 6) is 0.366. The van der Waals surface area contributed by atoms with Crippen molar-refractivity contribution in [3.05, 3.63) is 33.4 Å². The smallest absolute Gasteiger partial charge is 0.251 e. The Balaban J connectivity index is 2.58. The molecule has 0 saturated carbocycles. The van der Waals surface area contributed by atoms with Crippen molar-refractivity contribution >= 4 is 39.3 Å². The first kappa shape index (κ1) is 13.6. The molecule has 1 aromatic carbocycles. The molecule has 0 spiro atoms. The number of halogens is 1. The maximum Gasteiger partial charge on any atom is 0.251 e. The van der Waals surface area contributed by atoms with Gasteiger partial charge in [0.1, 0.15) is 0 Å². The van der Waals surface area contributed by atoms with Crippen molar-refractivity contribution in [3.63, 3.8) is 0 Å². The predicted molar refractivity (Wildman–Crippen MR) is 75.0 cm³/mol. The van der Waals surface area contributed by atoms with E-state index in [1.165, 1.54) is 0 Å². The Kier molecular flexibility index (Phi) is 5.40. The second kappa shape index (κ2) is 6.34. The highest BCUT2D eigenvalue weighted by Gasteiger charge is 2.10. The van der Waals surface area contributed by atoms with Crippen LogP contribution in [-0.2, 0) is 10.8 Å². The number of benzene rings is 1. The molecule has 0 bridgehead atoms. The van der Waals surface area contributed by atoms with Crippen LogP contribution in [0.15, 0.2) is 24.3 Å². The lowest BCUT2D eigenvalue weighted by Gasteiger charge is -2.12. The molecule has 0 aliphatic rings. The van der Waals surface area contributed by atoms with Gasteiger partial charge in [0.2, 0.25) is 0 Å². The number of rotatable bonds is 4. The van der Waals surface area contributed by atoms with Crippen molar-refractivity contribution in [1.29, 1.82) is 0 Å². The molecule has 1 N–H and O–H groups in total. The molecule has 1 amide bonds. The molecule has 0 heterocycles. The molecule has 0 saturated heterocycles. The number of hydrogen-bond acceptors (Lipinski definition) is 2. The molecule has 5 heteroatoms. The molecule has 3 nitrogen and oxygen atoms in total. The first-order valence-corrected chi connectivity index (χ1v) is 7.66. The van der Waals surface area contributed by atoms with Crippen LogP contribution in [0.2, 0.25) is 0 Å². The van der Waals surface area contributed by atoms with E-state index in [-0.39, 0.29) is 11.9 Å². The summed E-state index contributed by atoms with van der Waals surface area (Å²) in [5.41, 5.74) is 0.633. The first-order valence-electron chi connectivity index (χ1n) is 4.85. The van der Waals surface area contributed by atoms with Crippen LogP contribution < -0.4 is 5.32 Å². The summed E-state index contributed by atoms with van der Waals surface area (Å²) >= 11 is 2.19. The van der Waals surface area contributed by atoms with Crippen LogP contribution in [0.4, 0.5) is 0 Å². The minimum atomic E-state index is -0.888. The van der Waals surface area contributed by atoms with Crippen molar-refractivity contribution in [2.24, 2.45) is 0 Å². The third-order valence-electron chi connectivity index (χ3n) is 1.97. The highest BCUT2D eigenvalue weighted by molar-refractivity contribution is 14.1. The number of carbonyl (C=O) groups is 1. The lowest BCUT2D eigenvalue weighted by atomic mass is 10.2. The summed E-state index contributed by atoms with van der Waals surface area (Å²) in [6, 6.07) is 7.27. The molecular formula is C11H14INO2S. The Morgan fingerprint density at radius 3 is 2.50 bits per heavy atom. The normalized spacial score (nSPS) is 14.2. The van der Waals surface area contributed by atoms with E-state index in [1.54, 1.807) is 18.4 Å². The number of amides is 1. The average molecular weight is 351 g/mol. The fourth-order valence-corrected chi connectivity index (χ4v) is 2.45. The van der Waals surface area contributed by atoms with E-state index in [9.17, 15) is 9.00 Å². The SMILES string of the molecule is CC(CS(C)=O)NC(=O)c1ccc(I)cc1. The van der Waals surface area contributed by atoms with Crippen molar-refractivity contribution in [2.75, 3.05) is 12.0 Å². The largest absolute Gasteiger partial charge is 0.349 e. The predicted octanol–water partition coefficient (Wildman–Crippen LogP) is 1.79. The number of carbonyl (C=O) groups excluding carboxylic acids is 1. The fraction of sp³-hybridized carbons (Fsp3) is 0.364. The van der Waals surface area contributed by atoms with Crippen LogP contribution in [-0.4, -0.2) is 28.2 Å². The lowest BCUT2D eigenvalue weighted by Crippen LogP contribution is -2.36. The minimum absolute atomic E-state index is 0.0717. The number of hydrogen-bond donors (Lipinski definition) is 1. The zero-order valence-corrected chi connectivity index (χ0v) is 12.2. The van der Waals surface area contributed by atoms with Crippen molar-refractivity contribution in [2.45, 2.75) is 13.0 Å². The van der Waals surface area contributed by atoms with Crippen LogP contribution in [0, 0.1) is 3.57 Å². The Labute approximate surface area is 112 Å². The summed E-state index contributed by atoms with van der Waals surface area (Å²) in [6.45, 7) is 1.85. The van der Waals surface area contributed by atoms with Gasteiger partial charge in [-0.2, -0.15) is 0 Å². The van der Waals surface area contributed by atoms with Crippen LogP contribution in [0.3, 0.4) is 0 Å². The van der Waals surface area contributed by atoms with E-state index in [1.807, 2.05) is 19.1 Å². The Morgan fingerprint density at radius 1 is 1.44 bits per heavy atom. The van der Waals surface area contributed by atoms with Gasteiger partial charge < -0.3 is 5.32 Å². The van der Waals surface area contributed by atoms with Gasteiger partial charge in [0.15, 0.2) is 0 Å². The molecule has 16 heavy (non-hydrogen) atoms. The van der Waals surface area contributed by atoms with Gasteiger partial charge in [-0.3, -0.25) is 9.00 Å². The van der Waals surface area contributed by atoms with Gasteiger partial charge in [0.25, 0.3) is 5.91 Å². The monoisotopic (exact) mass is 351 g/mol. The van der Waals surface area contributed by atoms with Crippen molar-refractivity contribution < 1.29 is 9.00 Å². The quantitative estimate of drug-likeness (QED) is 0.841. The summed E-state index contributed by atoms with van der Waals surface area (Å²) in [4.78, 5) is 11.7. The molecule has 88 valence electrons. The van der Waals surface area contributed by atoms with Gasteiger partial charge in [-0.05, 0) is 53.8 Å². The van der Waals surface area contributed by atoms with E-state index in [0.717, 1.165) is 3.57 Å². The average Bonchev–Trinajstić information content (AvgIpc) is 2.16. The zero-order valence-electron chi connectivity index (χ0n) is 9.20. The van der Waals surface area contributed by atoms with Gasteiger partial charge in [-0.15, -0.1) is 0 Å². The van der Waals surface area contributed by atoms with Crippen LogP contribution in [0.5, 0.6) is 0 Å². The van der Waals surface area contributed by atoms with Crippen molar-refractivity contribution in [1.82, 2.24) is 5.32 Å². The highest BCUT2D eigenvalue weighted by Crippen LogP contribution is 2.06. The lowest BCUT2D eigenvalue weighted by molar-refractivity contribution is 0.0943. The van der Waals surface area contributed by atoms with Crippen LogP contribution in [0.1, 0.15) is 17.3 Å². The molecule has 2 atom stereocenters. The van der Waals surface area contributed by atoms with Crippen LogP contribution in [0.25, 0.3) is 0 Å². The topological polar surface area (TPSA) is 46.2 Å². The molecule has 0 aliphatic heterocycles. The van der Waals surface area contributed by atoms with E-state index in [2.05, 4.69) is 27.9 Å². The summed E-state index contributed by atoms with van der Waals surface area (Å²) < 4.78 is 12.1. The Hall–Kier alpha value is -0.430. The van der Waals surface area contributed by atoms with Gasteiger partial charge >= 0.3 is 0 Å². The van der Waals surface area contributed by atoms with E-state index >= 15 is 0 Å². The molecule has 1 rings (SSSR count). The zero-order chi connectivity index (χ0) is 12.1. The third kappa shape index (κ3) is 4.61. The maximum absolute atomic E-state index is 11.7. The second-order valence-electron chi connectivity index (χ2n) is 3.62. The highest BCUT2D eigenvalue weighted by atomic mass is 127. The molecule has 0 radical (unpaired) electrons. The van der Waals surface area contributed by atoms with Gasteiger partial charge in [0, 0.05) is 38.0 Å². The molecule has 2 unspecified atom stereocenters. The van der Waals surface area contributed by atoms with E-state index in [0.29, 0.717) is 11.3 Å². The standard InChI is InChI=1S/C11H14INO2S/c1-8(7-16(2)15)13-11(14)9-3-5-10(12)6-4-9/h3-6,8H,7H2,1-2H3,(H,13,14). The molecular weight excluding hydrogens is 337 g/mol. The Bertz CT molecular complexity index is 391. The van der Waals surface area contributed by atoms with E-state index in [4.69, 9.17) is 0 Å². The fourth-order valence-electron chi connectivity index (χ4n) is 1.30. The second-order valence-corrected chi connectivity index (χ2v) is 6.35. The maximum atomic E-state index is 11.7. The third-order valence-corrected chi connectivity index (χ3v) is 3.66. The van der Waals surface area contributed by atoms with Gasteiger partial charge in [-0.25, -0.2) is 0 Å². The minimum Gasteiger partial charge on any atom is -0.349 e. The number of nitrogens with one attached hydrogen (secondary N) is 1.